The normalized spacial score (nSPS) is 12.3. The fraction of sp³-hybridized carbons (Fsp3) is 0.158. The molecule has 2 heterocycles. The molecular formula is C19H18IN3O3S. The van der Waals surface area contributed by atoms with Crippen LogP contribution in [-0.4, -0.2) is 29.7 Å². The Morgan fingerprint density at radius 1 is 1.33 bits per heavy atom. The summed E-state index contributed by atoms with van der Waals surface area (Å²) in [6.45, 7) is 8.11. The number of hydrogen-bond acceptors (Lipinski definition) is 5. The van der Waals surface area contributed by atoms with Gasteiger partial charge >= 0.3 is 0 Å². The molecule has 0 aliphatic heterocycles. The fourth-order valence-electron chi connectivity index (χ4n) is 2.53. The van der Waals surface area contributed by atoms with E-state index in [0.29, 0.717) is 34.5 Å². The third-order valence-electron chi connectivity index (χ3n) is 3.98. The Hall–Kier alpha value is -2.20. The van der Waals surface area contributed by atoms with Crippen LogP contribution in [0.4, 0.5) is 0 Å². The fourth-order valence-corrected chi connectivity index (χ4v) is 4.79. The van der Waals surface area contributed by atoms with E-state index in [1.165, 1.54) is 3.97 Å². The molecule has 0 amide bonds. The van der Waals surface area contributed by atoms with Gasteiger partial charge in [0, 0.05) is 23.5 Å². The van der Waals surface area contributed by atoms with Crippen molar-refractivity contribution in [3.63, 3.8) is 0 Å². The zero-order chi connectivity index (χ0) is 19.6. The van der Waals surface area contributed by atoms with Crippen LogP contribution >= 0.6 is 22.6 Å². The second-order valence-corrected chi connectivity index (χ2v) is 8.73. The second kappa shape index (κ2) is 7.81. The van der Waals surface area contributed by atoms with Gasteiger partial charge in [-0.3, -0.25) is 4.98 Å². The van der Waals surface area contributed by atoms with Crippen molar-refractivity contribution in [1.29, 1.82) is 0 Å². The van der Waals surface area contributed by atoms with E-state index in [-0.39, 0.29) is 4.90 Å². The molecule has 0 saturated heterocycles. The van der Waals surface area contributed by atoms with Crippen LogP contribution in [0.3, 0.4) is 0 Å². The van der Waals surface area contributed by atoms with E-state index >= 15 is 0 Å². The Morgan fingerprint density at radius 3 is 2.70 bits per heavy atom. The summed E-state index contributed by atoms with van der Waals surface area (Å²) < 4.78 is 28.2. The van der Waals surface area contributed by atoms with Gasteiger partial charge in [0.2, 0.25) is 0 Å². The lowest BCUT2D eigenvalue weighted by atomic mass is 10.1. The molecule has 0 spiro atoms. The van der Waals surface area contributed by atoms with Crippen LogP contribution in [0.1, 0.15) is 19.4 Å². The van der Waals surface area contributed by atoms with Gasteiger partial charge in [0.25, 0.3) is 10.0 Å². The van der Waals surface area contributed by atoms with E-state index in [1.807, 2.05) is 6.92 Å². The highest BCUT2D eigenvalue weighted by molar-refractivity contribution is 14.1. The molecule has 27 heavy (non-hydrogen) atoms. The van der Waals surface area contributed by atoms with Crippen molar-refractivity contribution in [3.05, 3.63) is 64.5 Å². The lowest BCUT2D eigenvalue weighted by molar-refractivity contribution is 0.159. The Morgan fingerprint density at radius 2 is 2.04 bits per heavy atom. The van der Waals surface area contributed by atoms with E-state index in [0.717, 1.165) is 3.57 Å². The number of rotatable bonds is 6. The standard InChI is InChI=1S/C19H18IN3O3S/c1-4-26-22-14(3)13(2)15-10-18-19(21-11-15)17(20)12-23(18)27(24,25)16-8-6-5-7-9-16/h5-12H,2,4H2,1,3H3/b22-14-. The molecule has 0 saturated carbocycles. The van der Waals surface area contributed by atoms with Crippen molar-refractivity contribution in [1.82, 2.24) is 8.96 Å². The van der Waals surface area contributed by atoms with Crippen molar-refractivity contribution in [2.45, 2.75) is 18.7 Å². The van der Waals surface area contributed by atoms with Crippen molar-refractivity contribution < 1.29 is 13.3 Å². The minimum absolute atomic E-state index is 0.219. The van der Waals surface area contributed by atoms with Crippen molar-refractivity contribution >= 4 is 54.9 Å². The first-order valence-corrected chi connectivity index (χ1v) is 10.7. The van der Waals surface area contributed by atoms with Crippen molar-refractivity contribution in [3.8, 4) is 0 Å². The molecule has 0 bridgehead atoms. The molecule has 0 atom stereocenters. The third kappa shape index (κ3) is 3.77. The molecule has 3 aromatic rings. The van der Waals surface area contributed by atoms with Crippen LogP contribution in [-0.2, 0) is 14.9 Å². The first kappa shape index (κ1) is 19.6. The lowest BCUT2D eigenvalue weighted by Crippen LogP contribution is -2.12. The van der Waals surface area contributed by atoms with Gasteiger partial charge in [0.05, 0.1) is 19.7 Å². The number of aromatic nitrogens is 2. The Balaban J connectivity index is 2.15. The van der Waals surface area contributed by atoms with Gasteiger partial charge < -0.3 is 4.84 Å². The maximum atomic E-state index is 13.1. The molecule has 0 aliphatic carbocycles. The molecule has 0 aliphatic rings. The molecule has 0 N–H and O–H groups in total. The molecule has 0 radical (unpaired) electrons. The molecule has 3 rings (SSSR count). The average Bonchev–Trinajstić information content (AvgIpc) is 3.03. The number of benzene rings is 1. The van der Waals surface area contributed by atoms with Crippen molar-refractivity contribution in [2.24, 2.45) is 5.16 Å². The quantitative estimate of drug-likeness (QED) is 0.291. The minimum Gasteiger partial charge on any atom is -0.396 e. The van der Waals surface area contributed by atoms with Crippen LogP contribution in [0.2, 0.25) is 0 Å². The number of halogens is 1. The number of allylic oxidation sites excluding steroid dienone is 1. The van der Waals surface area contributed by atoms with E-state index in [9.17, 15) is 8.42 Å². The summed E-state index contributed by atoms with van der Waals surface area (Å²) in [6, 6.07) is 10.1. The van der Waals surface area contributed by atoms with Crippen LogP contribution in [0.25, 0.3) is 16.6 Å². The van der Waals surface area contributed by atoms with Gasteiger partial charge in [-0.2, -0.15) is 0 Å². The maximum Gasteiger partial charge on any atom is 0.268 e. The topological polar surface area (TPSA) is 73.6 Å². The molecular weight excluding hydrogens is 477 g/mol. The predicted octanol–water partition coefficient (Wildman–Crippen LogP) is 4.30. The molecule has 1 aromatic carbocycles. The molecule has 6 nitrogen and oxygen atoms in total. The molecule has 140 valence electrons. The van der Waals surface area contributed by atoms with Crippen molar-refractivity contribution in [2.75, 3.05) is 6.61 Å². The zero-order valence-corrected chi connectivity index (χ0v) is 17.9. The third-order valence-corrected chi connectivity index (χ3v) is 6.45. The number of hydrogen-bond donors (Lipinski definition) is 0. The first-order chi connectivity index (χ1) is 12.9. The van der Waals surface area contributed by atoms with Gasteiger partial charge in [-0.1, -0.05) is 29.9 Å². The minimum atomic E-state index is -3.73. The van der Waals surface area contributed by atoms with Gasteiger partial charge in [0.1, 0.15) is 12.1 Å². The van der Waals surface area contributed by atoms with Gasteiger partial charge in [-0.15, -0.1) is 0 Å². The second-order valence-electron chi connectivity index (χ2n) is 5.76. The Kier molecular flexibility index (Phi) is 5.66. The summed E-state index contributed by atoms with van der Waals surface area (Å²) >= 11 is 2.09. The van der Waals surface area contributed by atoms with Gasteiger partial charge in [0.15, 0.2) is 0 Å². The number of nitrogens with zero attached hydrogens (tertiary/aromatic N) is 3. The van der Waals surface area contributed by atoms with Gasteiger partial charge in [-0.25, -0.2) is 12.4 Å². The summed E-state index contributed by atoms with van der Waals surface area (Å²) in [7, 11) is -3.73. The summed E-state index contributed by atoms with van der Waals surface area (Å²) in [5.41, 5.74) is 3.02. The Bertz CT molecular complexity index is 1140. The molecule has 2 aromatic heterocycles. The summed E-state index contributed by atoms with van der Waals surface area (Å²) in [4.78, 5) is 9.73. The first-order valence-electron chi connectivity index (χ1n) is 8.19. The maximum absolute atomic E-state index is 13.1. The van der Waals surface area contributed by atoms with Gasteiger partial charge in [-0.05, 0) is 54.6 Å². The molecule has 8 heteroatoms. The van der Waals surface area contributed by atoms with Crippen LogP contribution in [0.5, 0.6) is 0 Å². The Labute approximate surface area is 171 Å². The SMILES string of the molecule is C=C(/C(C)=N\OCC)c1cnc2c(I)cn(S(=O)(=O)c3ccccc3)c2c1. The van der Waals surface area contributed by atoms with Crippen LogP contribution in [0, 0.1) is 3.57 Å². The highest BCUT2D eigenvalue weighted by atomic mass is 127. The monoisotopic (exact) mass is 495 g/mol. The van der Waals surface area contributed by atoms with E-state index < -0.39 is 10.0 Å². The number of fused-ring (bicyclic) bond motifs is 1. The largest absolute Gasteiger partial charge is 0.396 e. The summed E-state index contributed by atoms with van der Waals surface area (Å²) in [5, 5.41) is 3.99. The van der Waals surface area contributed by atoms with Crippen LogP contribution in [0.15, 0.2) is 65.4 Å². The number of oxime groups is 1. The highest BCUT2D eigenvalue weighted by Crippen LogP contribution is 2.28. The van der Waals surface area contributed by atoms with E-state index in [4.69, 9.17) is 4.84 Å². The molecule has 0 fully saturated rings. The summed E-state index contributed by atoms with van der Waals surface area (Å²) in [6.07, 6.45) is 3.24. The highest BCUT2D eigenvalue weighted by Gasteiger charge is 2.21. The number of pyridine rings is 1. The zero-order valence-electron chi connectivity index (χ0n) is 14.9. The smallest absolute Gasteiger partial charge is 0.268 e. The van der Waals surface area contributed by atoms with E-state index in [2.05, 4.69) is 39.3 Å². The van der Waals surface area contributed by atoms with E-state index in [1.54, 1.807) is 55.7 Å². The van der Waals surface area contributed by atoms with Crippen LogP contribution < -0.4 is 0 Å². The molecule has 0 unspecified atom stereocenters. The predicted molar refractivity (Wildman–Crippen MR) is 115 cm³/mol. The average molecular weight is 495 g/mol. The lowest BCUT2D eigenvalue weighted by Gasteiger charge is -2.09. The summed E-state index contributed by atoms with van der Waals surface area (Å²) in [5.74, 6) is 0.